The molecule has 0 aromatic heterocycles. The summed E-state index contributed by atoms with van der Waals surface area (Å²) in [6.07, 6.45) is 2.68. The highest BCUT2D eigenvalue weighted by Crippen LogP contribution is 2.38. The monoisotopic (exact) mass is 288 g/mol. The normalized spacial score (nSPS) is 29.9. The summed E-state index contributed by atoms with van der Waals surface area (Å²) < 4.78 is 0. The summed E-state index contributed by atoms with van der Waals surface area (Å²) in [5, 5.41) is 13.2. The van der Waals surface area contributed by atoms with E-state index < -0.39 is 11.4 Å². The Bertz CT molecular complexity index is 531. The van der Waals surface area contributed by atoms with E-state index in [0.717, 1.165) is 38.9 Å². The number of nitrogens with one attached hydrogen (secondary N) is 1. The van der Waals surface area contributed by atoms with Gasteiger partial charge in [-0.15, -0.1) is 0 Å². The Morgan fingerprint density at radius 2 is 2.29 bits per heavy atom. The predicted octanol–water partition coefficient (Wildman–Crippen LogP) is 2.02. The molecule has 0 unspecified atom stereocenters. The van der Waals surface area contributed by atoms with Crippen molar-refractivity contribution < 1.29 is 9.90 Å². The Balaban J connectivity index is 1.77. The second-order valence-corrected chi connectivity index (χ2v) is 6.50. The summed E-state index contributed by atoms with van der Waals surface area (Å²) in [6.45, 7) is 5.57. The maximum absolute atomic E-state index is 11.9. The second-order valence-electron chi connectivity index (χ2n) is 6.50. The molecule has 2 saturated heterocycles. The van der Waals surface area contributed by atoms with Crippen LogP contribution < -0.4 is 5.32 Å². The first-order valence-corrected chi connectivity index (χ1v) is 7.85. The third kappa shape index (κ3) is 2.70. The van der Waals surface area contributed by atoms with Crippen LogP contribution in [0, 0.1) is 12.3 Å². The fourth-order valence-electron chi connectivity index (χ4n) is 3.89. The Morgan fingerprint density at radius 1 is 1.48 bits per heavy atom. The summed E-state index contributed by atoms with van der Waals surface area (Å²) >= 11 is 0. The molecule has 2 atom stereocenters. The molecular formula is C17H24N2O2. The van der Waals surface area contributed by atoms with Gasteiger partial charge < -0.3 is 10.4 Å². The molecule has 2 fully saturated rings. The van der Waals surface area contributed by atoms with E-state index in [2.05, 4.69) is 41.4 Å². The van der Waals surface area contributed by atoms with Crippen molar-refractivity contribution in [2.75, 3.05) is 19.6 Å². The maximum Gasteiger partial charge on any atom is 0.312 e. The highest BCUT2D eigenvalue weighted by atomic mass is 16.4. The lowest BCUT2D eigenvalue weighted by molar-refractivity contribution is -0.157. The number of rotatable bonds is 3. The largest absolute Gasteiger partial charge is 0.481 e. The Kier molecular flexibility index (Phi) is 4.00. The highest BCUT2D eigenvalue weighted by Gasteiger charge is 2.50. The van der Waals surface area contributed by atoms with Gasteiger partial charge in [0.2, 0.25) is 0 Å². The quantitative estimate of drug-likeness (QED) is 0.893. The van der Waals surface area contributed by atoms with Crippen molar-refractivity contribution in [1.29, 1.82) is 0 Å². The first-order chi connectivity index (χ1) is 10.1. The number of carboxylic acid groups (broad SMARTS) is 1. The first kappa shape index (κ1) is 14.5. The van der Waals surface area contributed by atoms with Crippen molar-refractivity contribution >= 4 is 5.97 Å². The van der Waals surface area contributed by atoms with Crippen LogP contribution in [0.15, 0.2) is 24.3 Å². The number of hydrogen-bond donors (Lipinski definition) is 2. The van der Waals surface area contributed by atoms with E-state index in [1.54, 1.807) is 0 Å². The number of aliphatic carboxylic acids is 1. The van der Waals surface area contributed by atoms with Crippen LogP contribution in [0.25, 0.3) is 0 Å². The van der Waals surface area contributed by atoms with Gasteiger partial charge in [-0.2, -0.15) is 0 Å². The fourth-order valence-corrected chi connectivity index (χ4v) is 3.89. The first-order valence-electron chi connectivity index (χ1n) is 7.85. The third-order valence-corrected chi connectivity index (χ3v) is 5.18. The van der Waals surface area contributed by atoms with Crippen LogP contribution >= 0.6 is 0 Å². The topological polar surface area (TPSA) is 52.6 Å². The molecule has 2 N–H and O–H groups in total. The lowest BCUT2D eigenvalue weighted by Gasteiger charge is -2.48. The molecule has 0 spiro atoms. The standard InChI is InChI=1S/C17H24N2O2/c1-13-5-2-3-6-14(13)11-19-10-7-15-17(12-19,16(20)21)8-4-9-18-15/h2-3,5-6,15,18H,4,7-12H2,1H3,(H,20,21)/t15-,17+/m1/s1. The van der Waals surface area contributed by atoms with Gasteiger partial charge in [0.1, 0.15) is 0 Å². The molecule has 4 heteroatoms. The Labute approximate surface area is 126 Å². The van der Waals surface area contributed by atoms with Crippen LogP contribution in [0.4, 0.5) is 0 Å². The van der Waals surface area contributed by atoms with Gasteiger partial charge in [0.05, 0.1) is 5.41 Å². The molecule has 2 aliphatic rings. The molecule has 1 aromatic rings. The summed E-state index contributed by atoms with van der Waals surface area (Å²) in [7, 11) is 0. The number of hydrogen-bond acceptors (Lipinski definition) is 3. The minimum absolute atomic E-state index is 0.136. The van der Waals surface area contributed by atoms with Gasteiger partial charge in [0, 0.05) is 25.7 Å². The average Bonchev–Trinajstić information content (AvgIpc) is 2.49. The number of carboxylic acids is 1. The van der Waals surface area contributed by atoms with Gasteiger partial charge in [-0.25, -0.2) is 0 Å². The van der Waals surface area contributed by atoms with Crippen LogP contribution in [0.2, 0.25) is 0 Å². The lowest BCUT2D eigenvalue weighted by Crippen LogP contribution is -2.62. The zero-order valence-corrected chi connectivity index (χ0v) is 12.6. The minimum atomic E-state index is -0.630. The van der Waals surface area contributed by atoms with Crippen molar-refractivity contribution in [3.63, 3.8) is 0 Å². The number of aryl methyl sites for hydroxylation is 1. The average molecular weight is 288 g/mol. The van der Waals surface area contributed by atoms with Crippen LogP contribution in [0.1, 0.15) is 30.4 Å². The summed E-state index contributed by atoms with van der Waals surface area (Å²) in [5.41, 5.74) is 1.99. The number of piperidine rings is 2. The van der Waals surface area contributed by atoms with E-state index in [9.17, 15) is 9.90 Å². The zero-order valence-electron chi connectivity index (χ0n) is 12.6. The van der Waals surface area contributed by atoms with Crippen molar-refractivity contribution in [2.24, 2.45) is 5.41 Å². The van der Waals surface area contributed by atoms with Gasteiger partial charge in [-0.1, -0.05) is 24.3 Å². The molecule has 114 valence electrons. The SMILES string of the molecule is Cc1ccccc1CN1CC[C@H]2NCCC[C@]2(C(=O)O)C1. The summed E-state index contributed by atoms with van der Waals surface area (Å²) in [5.74, 6) is -0.630. The molecule has 2 heterocycles. The number of fused-ring (bicyclic) bond motifs is 1. The van der Waals surface area contributed by atoms with Crippen LogP contribution in [0.5, 0.6) is 0 Å². The number of nitrogens with zero attached hydrogens (tertiary/aromatic N) is 1. The summed E-state index contributed by atoms with van der Waals surface area (Å²) in [4.78, 5) is 14.2. The molecule has 0 radical (unpaired) electrons. The summed E-state index contributed by atoms with van der Waals surface area (Å²) in [6, 6.07) is 8.52. The van der Waals surface area contributed by atoms with E-state index in [1.807, 2.05) is 0 Å². The van der Waals surface area contributed by atoms with Crippen LogP contribution in [-0.2, 0) is 11.3 Å². The number of benzene rings is 1. The highest BCUT2D eigenvalue weighted by molar-refractivity contribution is 5.76. The maximum atomic E-state index is 11.9. The van der Waals surface area contributed by atoms with Crippen LogP contribution in [0.3, 0.4) is 0 Å². The molecule has 0 aliphatic carbocycles. The third-order valence-electron chi connectivity index (χ3n) is 5.18. The van der Waals surface area contributed by atoms with Crippen molar-refractivity contribution in [3.05, 3.63) is 35.4 Å². The van der Waals surface area contributed by atoms with E-state index in [4.69, 9.17) is 0 Å². The minimum Gasteiger partial charge on any atom is -0.481 e. The van der Waals surface area contributed by atoms with E-state index >= 15 is 0 Å². The molecule has 0 bridgehead atoms. The predicted molar refractivity (Wildman–Crippen MR) is 82.2 cm³/mol. The van der Waals surface area contributed by atoms with Crippen molar-refractivity contribution in [3.8, 4) is 0 Å². The van der Waals surface area contributed by atoms with Gasteiger partial charge in [-0.05, 0) is 43.9 Å². The van der Waals surface area contributed by atoms with E-state index in [0.29, 0.717) is 6.54 Å². The molecule has 0 saturated carbocycles. The molecule has 21 heavy (non-hydrogen) atoms. The van der Waals surface area contributed by atoms with E-state index in [-0.39, 0.29) is 6.04 Å². The molecule has 4 nitrogen and oxygen atoms in total. The van der Waals surface area contributed by atoms with Gasteiger partial charge in [0.15, 0.2) is 0 Å². The van der Waals surface area contributed by atoms with Gasteiger partial charge >= 0.3 is 5.97 Å². The second kappa shape index (κ2) is 5.78. The fraction of sp³-hybridized carbons (Fsp3) is 0.588. The smallest absolute Gasteiger partial charge is 0.312 e. The van der Waals surface area contributed by atoms with Crippen LogP contribution in [-0.4, -0.2) is 41.7 Å². The molecular weight excluding hydrogens is 264 g/mol. The van der Waals surface area contributed by atoms with Crippen molar-refractivity contribution in [2.45, 2.75) is 38.8 Å². The molecule has 1 aromatic carbocycles. The number of carbonyl (C=O) groups is 1. The van der Waals surface area contributed by atoms with Gasteiger partial charge in [0.25, 0.3) is 0 Å². The van der Waals surface area contributed by atoms with Crippen molar-refractivity contribution in [1.82, 2.24) is 10.2 Å². The molecule has 3 rings (SSSR count). The molecule has 2 aliphatic heterocycles. The number of likely N-dealkylation sites (tertiary alicyclic amines) is 1. The Morgan fingerprint density at radius 3 is 3.05 bits per heavy atom. The Hall–Kier alpha value is -1.39. The molecule has 0 amide bonds. The van der Waals surface area contributed by atoms with Gasteiger partial charge in [-0.3, -0.25) is 9.69 Å². The lowest BCUT2D eigenvalue weighted by atomic mass is 9.70. The zero-order chi connectivity index (χ0) is 14.9. The van der Waals surface area contributed by atoms with E-state index in [1.165, 1.54) is 11.1 Å².